The summed E-state index contributed by atoms with van der Waals surface area (Å²) in [7, 11) is 0. The number of nitrogens with one attached hydrogen (secondary N) is 1. The van der Waals surface area contributed by atoms with Crippen LogP contribution in [0.1, 0.15) is 39.1 Å². The molecule has 1 aliphatic rings. The van der Waals surface area contributed by atoms with Crippen LogP contribution in [0.4, 0.5) is 5.69 Å². The van der Waals surface area contributed by atoms with Crippen molar-refractivity contribution in [1.29, 1.82) is 0 Å². The van der Waals surface area contributed by atoms with Gasteiger partial charge in [0.05, 0.1) is 31.4 Å². The Morgan fingerprint density at radius 2 is 1.74 bits per heavy atom. The first-order valence-corrected chi connectivity index (χ1v) is 13.7. The fourth-order valence-electron chi connectivity index (χ4n) is 3.97. The summed E-state index contributed by atoms with van der Waals surface area (Å²) in [6, 6.07) is 18.2. The molecule has 2 heterocycles. The second-order valence-electron chi connectivity index (χ2n) is 8.20. The largest absolute Gasteiger partial charge is 0.339 e. The highest BCUT2D eigenvalue weighted by atomic mass is 35.5. The Hall–Kier alpha value is -2.58. The average Bonchev–Trinajstić information content (AvgIpc) is 3.54. The van der Waals surface area contributed by atoms with E-state index in [4.69, 9.17) is 23.2 Å². The van der Waals surface area contributed by atoms with Gasteiger partial charge in [-0.1, -0.05) is 53.2 Å². The van der Waals surface area contributed by atoms with Crippen LogP contribution in [0.5, 0.6) is 0 Å². The Morgan fingerprint density at radius 3 is 2.51 bits per heavy atom. The van der Waals surface area contributed by atoms with E-state index in [9.17, 15) is 9.59 Å². The minimum Gasteiger partial charge on any atom is -0.339 e. The van der Waals surface area contributed by atoms with Gasteiger partial charge in [-0.25, -0.2) is 4.98 Å². The first kappa shape index (κ1) is 24.1. The molecule has 4 aromatic rings. The summed E-state index contributed by atoms with van der Waals surface area (Å²) < 4.78 is 1.90. The predicted octanol–water partition coefficient (Wildman–Crippen LogP) is 7.38. The lowest BCUT2D eigenvalue weighted by Crippen LogP contribution is -2.29. The maximum atomic E-state index is 13.1. The summed E-state index contributed by atoms with van der Waals surface area (Å²) in [4.78, 5) is 32.5. The Labute approximate surface area is 221 Å². The third-order valence-corrected chi connectivity index (χ3v) is 8.74. The van der Waals surface area contributed by atoms with Crippen LogP contribution in [0, 0.1) is 0 Å². The van der Waals surface area contributed by atoms with E-state index >= 15 is 0 Å². The summed E-state index contributed by atoms with van der Waals surface area (Å²) in [6.45, 7) is 1.48. The number of hydrogen-bond acceptors (Lipinski definition) is 5. The SMILES string of the molecule is O=C(Nc1ccc2nc(SCc3ccc(Cl)c(Cl)c3)sc2c1)c1ccccc1C(=O)N1CCCC1. The second-order valence-corrected chi connectivity index (χ2v) is 11.3. The minimum absolute atomic E-state index is 0.0881. The topological polar surface area (TPSA) is 62.3 Å². The summed E-state index contributed by atoms with van der Waals surface area (Å²) in [6.07, 6.45) is 2.01. The molecule has 35 heavy (non-hydrogen) atoms. The molecule has 1 saturated heterocycles. The third-order valence-electron chi connectivity index (χ3n) is 5.77. The second kappa shape index (κ2) is 10.6. The molecule has 1 fully saturated rings. The van der Waals surface area contributed by atoms with Crippen LogP contribution < -0.4 is 5.32 Å². The van der Waals surface area contributed by atoms with Crippen molar-refractivity contribution in [2.75, 3.05) is 18.4 Å². The number of hydrogen-bond donors (Lipinski definition) is 1. The van der Waals surface area contributed by atoms with Crippen molar-refractivity contribution in [3.8, 4) is 0 Å². The molecule has 0 radical (unpaired) electrons. The summed E-state index contributed by atoms with van der Waals surface area (Å²) >= 11 is 15.3. The van der Waals surface area contributed by atoms with E-state index in [1.807, 2.05) is 35.2 Å². The molecule has 0 atom stereocenters. The van der Waals surface area contributed by atoms with Crippen LogP contribution in [-0.2, 0) is 5.75 Å². The molecule has 0 spiro atoms. The molecule has 2 amide bonds. The summed E-state index contributed by atoms with van der Waals surface area (Å²) in [5.74, 6) is 0.336. The number of anilines is 1. The molecule has 5 nitrogen and oxygen atoms in total. The quantitative estimate of drug-likeness (QED) is 0.258. The van der Waals surface area contributed by atoms with E-state index in [1.54, 1.807) is 53.4 Å². The molecule has 1 N–H and O–H groups in total. The zero-order valence-electron chi connectivity index (χ0n) is 18.6. The molecular formula is C26H21Cl2N3O2S2. The van der Waals surface area contributed by atoms with Crippen LogP contribution in [-0.4, -0.2) is 34.8 Å². The number of amides is 2. The van der Waals surface area contributed by atoms with E-state index in [1.165, 1.54) is 0 Å². The number of thiazole rings is 1. The lowest BCUT2D eigenvalue weighted by Gasteiger charge is -2.17. The van der Waals surface area contributed by atoms with Gasteiger partial charge in [-0.2, -0.15) is 0 Å². The third kappa shape index (κ3) is 5.48. The van der Waals surface area contributed by atoms with Gasteiger partial charge in [0.2, 0.25) is 0 Å². The van der Waals surface area contributed by atoms with Gasteiger partial charge < -0.3 is 10.2 Å². The van der Waals surface area contributed by atoms with Crippen molar-refractivity contribution in [1.82, 2.24) is 9.88 Å². The number of aromatic nitrogens is 1. The number of rotatable bonds is 6. The van der Waals surface area contributed by atoms with Crippen LogP contribution in [0.25, 0.3) is 10.2 Å². The predicted molar refractivity (Wildman–Crippen MR) is 145 cm³/mol. The first-order chi connectivity index (χ1) is 17.0. The van der Waals surface area contributed by atoms with Crippen LogP contribution in [0.15, 0.2) is 65.0 Å². The van der Waals surface area contributed by atoms with Gasteiger partial charge >= 0.3 is 0 Å². The maximum Gasteiger partial charge on any atom is 0.256 e. The molecule has 1 aromatic heterocycles. The van der Waals surface area contributed by atoms with E-state index in [0.717, 1.165) is 51.8 Å². The standard InChI is InChI=1S/C26H21Cl2N3O2S2/c27-20-9-7-16(13-21(20)28)15-34-26-30-22-10-8-17(14-23(22)35-26)29-24(32)18-5-1-2-6-19(18)25(33)31-11-3-4-12-31/h1-2,5-10,13-14H,3-4,11-12,15H2,(H,29,32). The summed E-state index contributed by atoms with van der Waals surface area (Å²) in [5, 5.41) is 4.03. The van der Waals surface area contributed by atoms with Gasteiger partial charge in [0.1, 0.15) is 0 Å². The highest BCUT2D eigenvalue weighted by molar-refractivity contribution is 8.00. The molecule has 0 bridgehead atoms. The first-order valence-electron chi connectivity index (χ1n) is 11.1. The number of carbonyl (C=O) groups is 2. The summed E-state index contributed by atoms with van der Waals surface area (Å²) in [5.41, 5.74) is 3.42. The van der Waals surface area contributed by atoms with Crippen molar-refractivity contribution < 1.29 is 9.59 Å². The van der Waals surface area contributed by atoms with Gasteiger partial charge in [-0.3, -0.25) is 9.59 Å². The van der Waals surface area contributed by atoms with E-state index in [0.29, 0.717) is 26.9 Å². The lowest BCUT2D eigenvalue weighted by molar-refractivity contribution is 0.0787. The Morgan fingerprint density at radius 1 is 0.971 bits per heavy atom. The van der Waals surface area contributed by atoms with Crippen molar-refractivity contribution in [3.63, 3.8) is 0 Å². The Balaban J connectivity index is 1.30. The molecule has 178 valence electrons. The number of nitrogens with zero attached hydrogens (tertiary/aromatic N) is 2. The van der Waals surface area contributed by atoms with Crippen molar-refractivity contribution >= 4 is 74.0 Å². The van der Waals surface area contributed by atoms with Crippen LogP contribution in [0.2, 0.25) is 10.0 Å². The number of halogens is 2. The highest BCUT2D eigenvalue weighted by Crippen LogP contribution is 2.34. The highest BCUT2D eigenvalue weighted by Gasteiger charge is 2.24. The normalized spacial score (nSPS) is 13.4. The number of likely N-dealkylation sites (tertiary alicyclic amines) is 1. The molecule has 1 aliphatic heterocycles. The van der Waals surface area contributed by atoms with Gasteiger partial charge in [-0.05, 0) is 60.9 Å². The monoisotopic (exact) mass is 541 g/mol. The molecule has 3 aromatic carbocycles. The van der Waals surface area contributed by atoms with E-state index in [2.05, 4.69) is 10.3 Å². The molecular weight excluding hydrogens is 521 g/mol. The van der Waals surface area contributed by atoms with E-state index < -0.39 is 0 Å². The Bertz CT molecular complexity index is 1420. The average molecular weight is 543 g/mol. The maximum absolute atomic E-state index is 13.1. The fourth-order valence-corrected chi connectivity index (χ4v) is 6.35. The van der Waals surface area contributed by atoms with Gasteiger partial charge in [-0.15, -0.1) is 11.3 Å². The number of benzene rings is 3. The van der Waals surface area contributed by atoms with Crippen molar-refractivity contribution in [3.05, 3.63) is 87.4 Å². The Kier molecular flexibility index (Phi) is 7.29. The van der Waals surface area contributed by atoms with Crippen molar-refractivity contribution in [2.45, 2.75) is 22.9 Å². The van der Waals surface area contributed by atoms with Crippen molar-refractivity contribution in [2.24, 2.45) is 0 Å². The zero-order valence-corrected chi connectivity index (χ0v) is 21.7. The van der Waals surface area contributed by atoms with Crippen LogP contribution in [0.3, 0.4) is 0 Å². The van der Waals surface area contributed by atoms with Gasteiger partial charge in [0.25, 0.3) is 11.8 Å². The number of carbonyl (C=O) groups excluding carboxylic acids is 2. The number of fused-ring (bicyclic) bond motifs is 1. The molecule has 9 heteroatoms. The van der Waals surface area contributed by atoms with Gasteiger partial charge in [0, 0.05) is 24.5 Å². The molecule has 0 unspecified atom stereocenters. The minimum atomic E-state index is -0.300. The fraction of sp³-hybridized carbons (Fsp3) is 0.192. The smallest absolute Gasteiger partial charge is 0.256 e. The lowest BCUT2D eigenvalue weighted by atomic mass is 10.1. The molecule has 5 rings (SSSR count). The van der Waals surface area contributed by atoms with E-state index in [-0.39, 0.29) is 11.8 Å². The number of thioether (sulfide) groups is 1. The van der Waals surface area contributed by atoms with Gasteiger partial charge in [0.15, 0.2) is 4.34 Å². The molecule has 0 aliphatic carbocycles. The molecule has 0 saturated carbocycles. The zero-order chi connectivity index (χ0) is 24.4. The van der Waals surface area contributed by atoms with Crippen LogP contribution >= 0.6 is 46.3 Å².